The molecular weight excluding hydrogens is 765 g/mol. The third-order valence-corrected chi connectivity index (χ3v) is 12.8. The standard InChI is InChI=1S/C40H48N10O5S2/c41-37(54)40(11-15-44-16-12-40)50-36(53)31(19-26-22-56-23-46-26)48-34(51)30(18-25-21-45-29-7-3-2-6-28(25)29)47-35(52)32(49-38(55)39(42)9-13-43-14-10-39)20-27-17-24-5-1-4-8-33(24)57-27/h1-8,17,21-23,30-32,43-45H,9-16,18-20,42H2,(H2,41,54)(H,47,52)(H,48,51)(H,49,55)(H,50,53)/t30-,31+,32-/m1/s1. The van der Waals surface area contributed by atoms with E-state index in [4.69, 9.17) is 11.5 Å². The minimum atomic E-state index is -1.29. The molecule has 0 bridgehead atoms. The number of aromatic amines is 1. The summed E-state index contributed by atoms with van der Waals surface area (Å²) in [6.07, 6.45) is 3.41. The molecule has 0 radical (unpaired) electrons. The van der Waals surface area contributed by atoms with E-state index in [-0.39, 0.29) is 32.1 Å². The van der Waals surface area contributed by atoms with E-state index in [2.05, 4.69) is 41.9 Å². The van der Waals surface area contributed by atoms with Crippen molar-refractivity contribution in [2.75, 3.05) is 26.2 Å². The molecule has 300 valence electrons. The van der Waals surface area contributed by atoms with Gasteiger partial charge >= 0.3 is 0 Å². The van der Waals surface area contributed by atoms with E-state index < -0.39 is 58.7 Å². The van der Waals surface area contributed by atoms with Gasteiger partial charge in [-0.1, -0.05) is 36.4 Å². The predicted molar refractivity (Wildman–Crippen MR) is 220 cm³/mol. The number of H-pyrrole nitrogens is 1. The number of para-hydroxylation sites is 1. The molecule has 2 aromatic carbocycles. The fourth-order valence-corrected chi connectivity index (χ4v) is 9.27. The first-order valence-corrected chi connectivity index (χ1v) is 20.9. The molecular formula is C40H48N10O5S2. The number of benzene rings is 2. The first-order valence-electron chi connectivity index (χ1n) is 19.2. The van der Waals surface area contributed by atoms with E-state index >= 15 is 0 Å². The van der Waals surface area contributed by atoms with Gasteiger partial charge in [-0.2, -0.15) is 0 Å². The van der Waals surface area contributed by atoms with E-state index in [1.807, 2.05) is 54.6 Å². The zero-order chi connectivity index (χ0) is 40.0. The Hall–Kier alpha value is -5.20. The Morgan fingerprint density at radius 1 is 0.789 bits per heavy atom. The van der Waals surface area contributed by atoms with Crippen molar-refractivity contribution in [1.29, 1.82) is 0 Å². The van der Waals surface area contributed by atoms with Crippen LogP contribution >= 0.6 is 22.7 Å². The van der Waals surface area contributed by atoms with Gasteiger partial charge in [0.1, 0.15) is 23.7 Å². The van der Waals surface area contributed by atoms with E-state index in [1.54, 1.807) is 17.1 Å². The second kappa shape index (κ2) is 17.5. The molecule has 0 saturated carbocycles. The van der Waals surface area contributed by atoms with Crippen molar-refractivity contribution in [2.45, 2.75) is 74.1 Å². The van der Waals surface area contributed by atoms with E-state index in [0.29, 0.717) is 44.7 Å². The van der Waals surface area contributed by atoms with Crippen LogP contribution in [0.25, 0.3) is 21.0 Å². The lowest BCUT2D eigenvalue weighted by Crippen LogP contribution is -2.65. The fourth-order valence-electron chi connectivity index (χ4n) is 7.59. The van der Waals surface area contributed by atoms with Crippen LogP contribution < -0.4 is 43.4 Å². The highest BCUT2D eigenvalue weighted by molar-refractivity contribution is 7.19. The monoisotopic (exact) mass is 812 g/mol. The number of nitrogens with one attached hydrogen (secondary N) is 7. The number of piperidine rings is 2. The lowest BCUT2D eigenvalue weighted by molar-refractivity contribution is -0.136. The number of thiazole rings is 1. The number of nitrogens with two attached hydrogens (primary N) is 2. The maximum atomic E-state index is 14.6. The molecule has 0 unspecified atom stereocenters. The SMILES string of the molecule is NC(=O)C1(NC(=O)[C@H](Cc2cscn2)NC(=O)[C@@H](Cc2c[nH]c3ccccc23)NC(=O)[C@@H](Cc2cc3ccccc3s2)NC(=O)C2(N)CCNCC2)CCNCC1. The third-order valence-electron chi connectivity index (χ3n) is 11.0. The molecule has 3 atom stereocenters. The molecule has 15 nitrogen and oxygen atoms in total. The first kappa shape index (κ1) is 40.0. The predicted octanol–water partition coefficient (Wildman–Crippen LogP) is 1.13. The van der Waals surface area contributed by atoms with Crippen LogP contribution in [0.4, 0.5) is 0 Å². The summed E-state index contributed by atoms with van der Waals surface area (Å²) in [5.74, 6) is -2.91. The number of thiophene rings is 1. The second-order valence-electron chi connectivity index (χ2n) is 14.9. The van der Waals surface area contributed by atoms with Crippen LogP contribution in [-0.4, -0.2) is 94.9 Å². The maximum Gasteiger partial charge on any atom is 0.243 e. The zero-order valence-corrected chi connectivity index (χ0v) is 33.0. The van der Waals surface area contributed by atoms with Gasteiger partial charge in [-0.25, -0.2) is 4.98 Å². The summed E-state index contributed by atoms with van der Waals surface area (Å²) in [5, 5.41) is 21.7. The number of carbonyl (C=O) groups is 5. The molecule has 0 spiro atoms. The van der Waals surface area contributed by atoms with Crippen molar-refractivity contribution < 1.29 is 24.0 Å². The Kier molecular flexibility index (Phi) is 12.3. The van der Waals surface area contributed by atoms with E-state index in [1.165, 1.54) is 22.7 Å². The van der Waals surface area contributed by atoms with Crippen molar-refractivity contribution in [1.82, 2.24) is 41.9 Å². The summed E-state index contributed by atoms with van der Waals surface area (Å²) in [4.78, 5) is 78.2. The second-order valence-corrected chi connectivity index (χ2v) is 16.8. The first-order chi connectivity index (χ1) is 27.5. The molecule has 2 aliphatic heterocycles. The van der Waals surface area contributed by atoms with Crippen LogP contribution in [0.5, 0.6) is 0 Å². The number of nitrogens with zero attached hydrogens (tertiary/aromatic N) is 1. The summed E-state index contributed by atoms with van der Waals surface area (Å²) in [6, 6.07) is 14.0. The lowest BCUT2D eigenvalue weighted by atomic mass is 9.87. The molecule has 0 aliphatic carbocycles. The largest absolute Gasteiger partial charge is 0.368 e. The average molecular weight is 813 g/mol. The van der Waals surface area contributed by atoms with Crippen molar-refractivity contribution in [3.8, 4) is 0 Å². The number of aromatic nitrogens is 2. The van der Waals surface area contributed by atoms with Crippen molar-refractivity contribution >= 4 is 73.2 Å². The number of primary amides is 1. The van der Waals surface area contributed by atoms with Gasteiger partial charge in [-0.05, 0) is 81.0 Å². The Morgan fingerprint density at radius 3 is 2.12 bits per heavy atom. The highest BCUT2D eigenvalue weighted by atomic mass is 32.1. The third kappa shape index (κ3) is 9.34. The van der Waals surface area contributed by atoms with Gasteiger partial charge in [0, 0.05) is 51.3 Å². The Balaban J connectivity index is 1.18. The molecule has 57 heavy (non-hydrogen) atoms. The van der Waals surface area contributed by atoms with Crippen LogP contribution in [0.15, 0.2) is 71.7 Å². The van der Waals surface area contributed by atoms with Crippen LogP contribution in [-0.2, 0) is 43.2 Å². The van der Waals surface area contributed by atoms with Crippen LogP contribution in [0.2, 0.25) is 0 Å². The Labute approximate surface area is 337 Å². The number of hydrogen-bond donors (Lipinski definition) is 9. The minimum Gasteiger partial charge on any atom is -0.368 e. The van der Waals surface area contributed by atoms with Gasteiger partial charge in [-0.3, -0.25) is 24.0 Å². The summed E-state index contributed by atoms with van der Waals surface area (Å²) in [5.41, 5.74) is 13.8. The smallest absolute Gasteiger partial charge is 0.243 e. The van der Waals surface area contributed by atoms with Gasteiger partial charge in [0.05, 0.1) is 16.7 Å². The minimum absolute atomic E-state index is 0.0278. The molecule has 5 amide bonds. The van der Waals surface area contributed by atoms with Crippen molar-refractivity contribution in [2.24, 2.45) is 11.5 Å². The fraction of sp³-hybridized carbons (Fsp3) is 0.400. The molecule has 17 heteroatoms. The normalized spacial score (nSPS) is 17.9. The van der Waals surface area contributed by atoms with Gasteiger partial charge < -0.3 is 48.4 Å². The topological polar surface area (TPSA) is 238 Å². The highest BCUT2D eigenvalue weighted by Gasteiger charge is 2.42. The quantitative estimate of drug-likeness (QED) is 0.0736. The molecule has 2 fully saturated rings. The van der Waals surface area contributed by atoms with Crippen LogP contribution in [0.3, 0.4) is 0 Å². The summed E-state index contributed by atoms with van der Waals surface area (Å²) < 4.78 is 1.04. The number of amides is 5. The summed E-state index contributed by atoms with van der Waals surface area (Å²) in [7, 11) is 0. The van der Waals surface area contributed by atoms with E-state index in [9.17, 15) is 24.0 Å². The summed E-state index contributed by atoms with van der Waals surface area (Å²) in [6.45, 7) is 2.09. The van der Waals surface area contributed by atoms with E-state index in [0.717, 1.165) is 31.4 Å². The molecule has 7 rings (SSSR count). The number of rotatable bonds is 15. The number of fused-ring (bicyclic) bond motifs is 2. The number of hydrogen-bond acceptors (Lipinski definition) is 11. The van der Waals surface area contributed by atoms with Crippen molar-refractivity contribution in [3.63, 3.8) is 0 Å². The van der Waals surface area contributed by atoms with Gasteiger partial charge in [0.2, 0.25) is 29.5 Å². The molecule has 5 heterocycles. The van der Waals surface area contributed by atoms with Crippen LogP contribution in [0.1, 0.15) is 41.8 Å². The highest BCUT2D eigenvalue weighted by Crippen LogP contribution is 2.27. The Bertz CT molecular complexity index is 2190. The van der Waals surface area contributed by atoms with Gasteiger partial charge in [-0.15, -0.1) is 22.7 Å². The molecule has 5 aromatic rings. The zero-order valence-electron chi connectivity index (χ0n) is 31.4. The molecule has 2 saturated heterocycles. The van der Waals surface area contributed by atoms with Crippen molar-refractivity contribution in [3.05, 3.63) is 87.8 Å². The molecule has 3 aromatic heterocycles. The van der Waals surface area contributed by atoms with Gasteiger partial charge in [0.15, 0.2) is 0 Å². The Morgan fingerprint density at radius 2 is 1.44 bits per heavy atom. The molecule has 2 aliphatic rings. The molecule has 11 N–H and O–H groups in total. The van der Waals surface area contributed by atoms with Gasteiger partial charge in [0.25, 0.3) is 0 Å². The number of carbonyl (C=O) groups excluding carboxylic acids is 5. The maximum absolute atomic E-state index is 14.6. The summed E-state index contributed by atoms with van der Waals surface area (Å²) >= 11 is 2.87. The average Bonchev–Trinajstić information content (AvgIpc) is 3.98. The van der Waals surface area contributed by atoms with Crippen LogP contribution in [0, 0.1) is 0 Å². The lowest BCUT2D eigenvalue weighted by Gasteiger charge is -2.36.